The van der Waals surface area contributed by atoms with Crippen LogP contribution < -0.4 is 4.90 Å². The van der Waals surface area contributed by atoms with E-state index in [1.54, 1.807) is 0 Å². The van der Waals surface area contributed by atoms with Crippen LogP contribution in [-0.4, -0.2) is 0 Å². The topological polar surface area (TPSA) is 16.4 Å². The average molecular weight is 790 g/mol. The van der Waals surface area contributed by atoms with Crippen LogP contribution in [0.3, 0.4) is 0 Å². The Labute approximate surface area is 360 Å². The third-order valence-corrected chi connectivity index (χ3v) is 12.5. The molecule has 290 valence electrons. The number of nitrogens with zero attached hydrogens (tertiary/aromatic N) is 1. The molecular formula is C60H39NO. The molecule has 1 aromatic heterocycles. The Balaban J connectivity index is 0.948. The first-order valence-electron chi connectivity index (χ1n) is 21.2. The number of hydrogen-bond acceptors (Lipinski definition) is 2. The Morgan fingerprint density at radius 2 is 0.726 bits per heavy atom. The lowest BCUT2D eigenvalue weighted by Crippen LogP contribution is -2.10. The van der Waals surface area contributed by atoms with E-state index in [1.807, 2.05) is 0 Å². The summed E-state index contributed by atoms with van der Waals surface area (Å²) in [5, 5.41) is 9.59. The number of para-hydroxylation sites is 2. The van der Waals surface area contributed by atoms with E-state index in [0.717, 1.165) is 66.8 Å². The van der Waals surface area contributed by atoms with Crippen molar-refractivity contribution in [3.8, 4) is 44.5 Å². The van der Waals surface area contributed by atoms with E-state index in [0.29, 0.717) is 0 Å². The first kappa shape index (κ1) is 35.7. The molecule has 2 nitrogen and oxygen atoms in total. The van der Waals surface area contributed by atoms with Crippen molar-refractivity contribution < 1.29 is 4.42 Å². The van der Waals surface area contributed by atoms with Crippen LogP contribution in [0.4, 0.5) is 17.1 Å². The van der Waals surface area contributed by atoms with Gasteiger partial charge >= 0.3 is 0 Å². The molecule has 0 saturated heterocycles. The number of rotatable bonds is 7. The Hall–Kier alpha value is -8.20. The lowest BCUT2D eigenvalue weighted by atomic mass is 9.96. The minimum atomic E-state index is 0.902. The largest absolute Gasteiger partial charge is 0.455 e. The van der Waals surface area contributed by atoms with Gasteiger partial charge < -0.3 is 9.32 Å². The molecule has 0 bridgehead atoms. The van der Waals surface area contributed by atoms with Gasteiger partial charge in [-0.05, 0) is 96.7 Å². The standard InChI is InChI=1S/C60H39NO/c1-2-14-40(15-3-1)41-30-34-47(35-31-41)61(58-39-46-17-5-7-22-50(46)52-23-8-9-24-54(52)58)48-36-32-42(33-37-48)44-19-10-20-45(38-44)51-25-12-28-56-57-29-13-27-55(60(57)62-59(51)56)53-26-11-18-43-16-4-6-21-49(43)53/h1-39H. The van der Waals surface area contributed by atoms with Gasteiger partial charge in [-0.15, -0.1) is 0 Å². The molecule has 0 saturated carbocycles. The molecule has 0 aliphatic carbocycles. The molecule has 0 aliphatic heterocycles. The summed E-state index contributed by atoms with van der Waals surface area (Å²) in [5.74, 6) is 0. The fraction of sp³-hybridized carbons (Fsp3) is 0. The van der Waals surface area contributed by atoms with Crippen molar-refractivity contribution >= 4 is 71.3 Å². The van der Waals surface area contributed by atoms with Crippen molar-refractivity contribution in [2.45, 2.75) is 0 Å². The van der Waals surface area contributed by atoms with E-state index in [1.165, 1.54) is 49.0 Å². The minimum absolute atomic E-state index is 0.902. The molecule has 62 heavy (non-hydrogen) atoms. The molecule has 12 rings (SSSR count). The Kier molecular flexibility index (Phi) is 8.53. The van der Waals surface area contributed by atoms with Gasteiger partial charge in [0.2, 0.25) is 0 Å². The zero-order valence-corrected chi connectivity index (χ0v) is 33.9. The zero-order chi connectivity index (χ0) is 41.0. The molecule has 0 unspecified atom stereocenters. The minimum Gasteiger partial charge on any atom is -0.455 e. The van der Waals surface area contributed by atoms with Gasteiger partial charge in [0, 0.05) is 38.7 Å². The van der Waals surface area contributed by atoms with E-state index < -0.39 is 0 Å². The monoisotopic (exact) mass is 789 g/mol. The van der Waals surface area contributed by atoms with Crippen LogP contribution in [0.5, 0.6) is 0 Å². The Bertz CT molecular complexity index is 3610. The number of anilines is 3. The summed E-state index contributed by atoms with van der Waals surface area (Å²) >= 11 is 0. The molecule has 0 aliphatic rings. The molecule has 0 N–H and O–H groups in total. The molecule has 2 heteroatoms. The normalized spacial score (nSPS) is 11.5. The summed E-state index contributed by atoms with van der Waals surface area (Å²) in [7, 11) is 0. The van der Waals surface area contributed by atoms with Gasteiger partial charge in [0.25, 0.3) is 0 Å². The van der Waals surface area contributed by atoms with Gasteiger partial charge in [-0.3, -0.25) is 0 Å². The van der Waals surface area contributed by atoms with E-state index >= 15 is 0 Å². The first-order chi connectivity index (χ1) is 30.7. The summed E-state index contributed by atoms with van der Waals surface area (Å²) < 4.78 is 6.93. The fourth-order valence-electron chi connectivity index (χ4n) is 9.47. The van der Waals surface area contributed by atoms with Gasteiger partial charge in [-0.2, -0.15) is 0 Å². The zero-order valence-electron chi connectivity index (χ0n) is 33.9. The third kappa shape index (κ3) is 6.04. The van der Waals surface area contributed by atoms with Crippen molar-refractivity contribution in [3.63, 3.8) is 0 Å². The van der Waals surface area contributed by atoms with E-state index in [9.17, 15) is 0 Å². The van der Waals surface area contributed by atoms with E-state index in [-0.39, 0.29) is 0 Å². The highest BCUT2D eigenvalue weighted by atomic mass is 16.3. The van der Waals surface area contributed by atoms with Crippen LogP contribution in [0.1, 0.15) is 0 Å². The number of benzene rings is 11. The van der Waals surface area contributed by atoms with Crippen molar-refractivity contribution in [3.05, 3.63) is 237 Å². The smallest absolute Gasteiger partial charge is 0.143 e. The lowest BCUT2D eigenvalue weighted by molar-refractivity contribution is 0.671. The average Bonchev–Trinajstić information content (AvgIpc) is 3.74. The molecule has 1 heterocycles. The molecule has 0 atom stereocenters. The molecule has 12 aromatic rings. The second-order valence-electron chi connectivity index (χ2n) is 16.0. The second-order valence-corrected chi connectivity index (χ2v) is 16.0. The van der Waals surface area contributed by atoms with Crippen LogP contribution >= 0.6 is 0 Å². The van der Waals surface area contributed by atoms with Gasteiger partial charge in [0.1, 0.15) is 11.2 Å². The number of furan rings is 1. The molecule has 0 amide bonds. The van der Waals surface area contributed by atoms with Crippen molar-refractivity contribution in [2.24, 2.45) is 0 Å². The van der Waals surface area contributed by atoms with Crippen LogP contribution in [0.15, 0.2) is 241 Å². The maximum Gasteiger partial charge on any atom is 0.143 e. The van der Waals surface area contributed by atoms with E-state index in [4.69, 9.17) is 4.42 Å². The predicted octanol–water partition coefficient (Wildman–Crippen LogP) is 17.2. The highest BCUT2D eigenvalue weighted by molar-refractivity contribution is 6.16. The lowest BCUT2D eigenvalue weighted by Gasteiger charge is -2.28. The quantitative estimate of drug-likeness (QED) is 0.150. The first-order valence-corrected chi connectivity index (χ1v) is 21.2. The van der Waals surface area contributed by atoms with Gasteiger partial charge in [-0.1, -0.05) is 200 Å². The van der Waals surface area contributed by atoms with Crippen molar-refractivity contribution in [1.29, 1.82) is 0 Å². The fourth-order valence-corrected chi connectivity index (χ4v) is 9.47. The SMILES string of the molecule is c1ccc(-c2ccc(N(c3ccc(-c4cccc(-c5cccc6c5oc5c(-c7cccc8ccccc78)cccc56)c4)cc3)c3cc4ccccc4c4ccccc34)cc2)cc1. The summed E-state index contributed by atoms with van der Waals surface area (Å²) in [5.41, 5.74) is 14.3. The second kappa shape index (κ2) is 14.8. The summed E-state index contributed by atoms with van der Waals surface area (Å²) in [6, 6.07) is 85.3. The van der Waals surface area contributed by atoms with Gasteiger partial charge in [0.05, 0.1) is 5.69 Å². The summed E-state index contributed by atoms with van der Waals surface area (Å²) in [6.07, 6.45) is 0. The van der Waals surface area contributed by atoms with Gasteiger partial charge in [0.15, 0.2) is 0 Å². The van der Waals surface area contributed by atoms with Crippen molar-refractivity contribution in [1.82, 2.24) is 0 Å². The summed E-state index contributed by atoms with van der Waals surface area (Å²) in [6.45, 7) is 0. The van der Waals surface area contributed by atoms with Crippen LogP contribution in [0.25, 0.3) is 98.8 Å². The molecule has 11 aromatic carbocycles. The summed E-state index contributed by atoms with van der Waals surface area (Å²) in [4.78, 5) is 2.40. The molecule has 0 radical (unpaired) electrons. The van der Waals surface area contributed by atoms with Gasteiger partial charge in [-0.25, -0.2) is 0 Å². The Morgan fingerprint density at radius 1 is 0.258 bits per heavy atom. The maximum atomic E-state index is 6.93. The Morgan fingerprint density at radius 3 is 1.47 bits per heavy atom. The highest BCUT2D eigenvalue weighted by Gasteiger charge is 2.20. The maximum absolute atomic E-state index is 6.93. The number of fused-ring (bicyclic) bond motifs is 7. The van der Waals surface area contributed by atoms with Crippen LogP contribution in [-0.2, 0) is 0 Å². The predicted molar refractivity (Wildman–Crippen MR) is 263 cm³/mol. The van der Waals surface area contributed by atoms with Crippen molar-refractivity contribution in [2.75, 3.05) is 4.90 Å². The molecule has 0 fully saturated rings. The third-order valence-electron chi connectivity index (χ3n) is 12.5. The number of hydrogen-bond donors (Lipinski definition) is 0. The molecular weight excluding hydrogens is 751 g/mol. The van der Waals surface area contributed by atoms with Crippen LogP contribution in [0.2, 0.25) is 0 Å². The molecule has 0 spiro atoms. The van der Waals surface area contributed by atoms with E-state index in [2.05, 4.69) is 241 Å². The highest BCUT2D eigenvalue weighted by Crippen LogP contribution is 2.44. The van der Waals surface area contributed by atoms with Crippen LogP contribution in [0, 0.1) is 0 Å².